The molecule has 2 unspecified atom stereocenters. The van der Waals surface area contributed by atoms with Crippen LogP contribution in [0.1, 0.15) is 86.5 Å². The third-order valence-corrected chi connectivity index (χ3v) is 20.0. The standard InChI is InChI=1S/C30H52O3Si2/c1-29(2,3)34(7,8)32-20(18-25-21-12-11-13-22(21)25)14-15-24-26-19-27(31)23(26)16-17-28(24)33-35(9,10)30(4,5)6/h20-26,28H,11-13,16-19H2,1-10H3/t20-,21?,22?,23+,24-,25?,26+,28-/m1/s1. The maximum atomic E-state index is 12.4. The molecule has 35 heavy (non-hydrogen) atoms. The Labute approximate surface area is 218 Å². The van der Waals surface area contributed by atoms with E-state index in [9.17, 15) is 4.79 Å². The highest BCUT2D eigenvalue weighted by atomic mass is 28.4. The average Bonchev–Trinajstić information content (AvgIpc) is 3.11. The van der Waals surface area contributed by atoms with E-state index in [2.05, 4.69) is 79.6 Å². The van der Waals surface area contributed by atoms with Crippen molar-refractivity contribution >= 4 is 22.4 Å². The van der Waals surface area contributed by atoms with Gasteiger partial charge in [-0.2, -0.15) is 0 Å². The van der Waals surface area contributed by atoms with Gasteiger partial charge < -0.3 is 8.85 Å². The Balaban J connectivity index is 1.56. The van der Waals surface area contributed by atoms with Crippen LogP contribution in [0.3, 0.4) is 0 Å². The van der Waals surface area contributed by atoms with E-state index in [4.69, 9.17) is 8.85 Å². The first-order chi connectivity index (χ1) is 16.0. The summed E-state index contributed by atoms with van der Waals surface area (Å²) < 4.78 is 13.9. The van der Waals surface area contributed by atoms with Crippen molar-refractivity contribution in [1.82, 2.24) is 0 Å². The van der Waals surface area contributed by atoms with Crippen LogP contribution in [-0.2, 0) is 13.6 Å². The van der Waals surface area contributed by atoms with Crippen LogP contribution < -0.4 is 0 Å². The number of carbonyl (C=O) groups excluding carboxylic acids is 1. The summed E-state index contributed by atoms with van der Waals surface area (Å²) in [6.45, 7) is 23.3. The van der Waals surface area contributed by atoms with Gasteiger partial charge >= 0.3 is 0 Å². The third kappa shape index (κ3) is 5.57. The van der Waals surface area contributed by atoms with Crippen molar-refractivity contribution < 1.29 is 13.6 Å². The first kappa shape index (κ1) is 27.6. The SMILES string of the molecule is CC(C)(C)[Si](C)(C)O[C@H](C#C[C@@H]1[C@H]2CC(=O)[C@H]2CC[C@H]1O[Si](C)(C)C(C)(C)C)CC1C2CCCC21. The summed E-state index contributed by atoms with van der Waals surface area (Å²) in [4.78, 5) is 12.4. The minimum Gasteiger partial charge on any atom is -0.413 e. The Hall–Kier alpha value is -0.416. The number of fused-ring (bicyclic) bond motifs is 2. The van der Waals surface area contributed by atoms with Gasteiger partial charge in [-0.3, -0.25) is 4.79 Å². The van der Waals surface area contributed by atoms with Crippen molar-refractivity contribution in [1.29, 1.82) is 0 Å². The molecule has 0 saturated heterocycles. The van der Waals surface area contributed by atoms with E-state index in [0.717, 1.165) is 37.0 Å². The molecule has 5 heteroatoms. The molecular formula is C30H52O3Si2. The molecule has 4 rings (SSSR count). The van der Waals surface area contributed by atoms with Gasteiger partial charge in [-0.25, -0.2) is 0 Å². The van der Waals surface area contributed by atoms with Gasteiger partial charge in [0.1, 0.15) is 11.9 Å². The molecule has 4 aliphatic rings. The Bertz CT molecular complexity index is 859. The number of Topliss-reactive ketones (excluding diaryl/α,β-unsaturated/α-hetero) is 1. The third-order valence-electron chi connectivity index (χ3n) is 11.0. The molecule has 0 bridgehead atoms. The molecule has 0 aliphatic heterocycles. The first-order valence-corrected chi connectivity index (χ1v) is 20.2. The molecular weight excluding hydrogens is 464 g/mol. The predicted molar refractivity (Wildman–Crippen MR) is 150 cm³/mol. The molecule has 198 valence electrons. The zero-order chi connectivity index (χ0) is 26.0. The van der Waals surface area contributed by atoms with Crippen LogP contribution in [0.15, 0.2) is 0 Å². The summed E-state index contributed by atoms with van der Waals surface area (Å²) >= 11 is 0. The summed E-state index contributed by atoms with van der Waals surface area (Å²) in [6.07, 6.45) is 8.16. The highest BCUT2D eigenvalue weighted by Crippen LogP contribution is 2.59. The van der Waals surface area contributed by atoms with E-state index < -0.39 is 16.6 Å². The molecule has 4 aliphatic carbocycles. The molecule has 4 saturated carbocycles. The lowest BCUT2D eigenvalue weighted by molar-refractivity contribution is -0.141. The number of ketones is 1. The van der Waals surface area contributed by atoms with E-state index in [1.807, 2.05) is 0 Å². The fourth-order valence-electron chi connectivity index (χ4n) is 6.47. The fraction of sp³-hybridized carbons (Fsp3) is 0.900. The largest absolute Gasteiger partial charge is 0.413 e. The van der Waals surface area contributed by atoms with Crippen LogP contribution in [0.25, 0.3) is 0 Å². The normalized spacial score (nSPS) is 35.9. The number of hydrogen-bond donors (Lipinski definition) is 0. The van der Waals surface area contributed by atoms with Crippen LogP contribution in [0, 0.1) is 47.3 Å². The van der Waals surface area contributed by atoms with E-state index in [-0.39, 0.29) is 34.1 Å². The molecule has 4 fully saturated rings. The van der Waals surface area contributed by atoms with Crippen molar-refractivity contribution in [2.24, 2.45) is 35.5 Å². The molecule has 0 aromatic carbocycles. The van der Waals surface area contributed by atoms with Gasteiger partial charge in [-0.15, -0.1) is 0 Å². The van der Waals surface area contributed by atoms with Crippen molar-refractivity contribution in [2.75, 3.05) is 0 Å². The minimum absolute atomic E-state index is 0.0242. The molecule has 0 aromatic heterocycles. The summed E-state index contributed by atoms with van der Waals surface area (Å²) in [7, 11) is -3.83. The fourth-order valence-corrected chi connectivity index (χ4v) is 9.06. The molecule has 7 atom stereocenters. The summed E-state index contributed by atoms with van der Waals surface area (Å²) in [5.74, 6) is 11.4. The van der Waals surface area contributed by atoms with Gasteiger partial charge in [0.15, 0.2) is 16.6 Å². The smallest absolute Gasteiger partial charge is 0.193 e. The Morgan fingerprint density at radius 1 is 0.886 bits per heavy atom. The van der Waals surface area contributed by atoms with Crippen molar-refractivity contribution in [3.05, 3.63) is 0 Å². The van der Waals surface area contributed by atoms with E-state index in [1.54, 1.807) is 0 Å². The number of carbonyl (C=O) groups is 1. The molecule has 3 nitrogen and oxygen atoms in total. The lowest BCUT2D eigenvalue weighted by atomic mass is 9.59. The van der Waals surface area contributed by atoms with Gasteiger partial charge in [-0.05, 0) is 92.0 Å². The molecule has 0 radical (unpaired) electrons. The van der Waals surface area contributed by atoms with Gasteiger partial charge in [-0.1, -0.05) is 59.8 Å². The molecule has 0 N–H and O–H groups in total. The highest BCUT2D eigenvalue weighted by Gasteiger charge is 2.54. The molecule has 0 heterocycles. The summed E-state index contributed by atoms with van der Waals surface area (Å²) in [6, 6.07) is 0. The second-order valence-electron chi connectivity index (χ2n) is 15.3. The zero-order valence-corrected chi connectivity index (χ0v) is 26.3. The van der Waals surface area contributed by atoms with E-state index in [0.29, 0.717) is 18.1 Å². The lowest BCUT2D eigenvalue weighted by Gasteiger charge is -2.49. The van der Waals surface area contributed by atoms with Crippen LogP contribution in [0.4, 0.5) is 0 Å². The monoisotopic (exact) mass is 516 g/mol. The van der Waals surface area contributed by atoms with Gasteiger partial charge in [0, 0.05) is 18.3 Å². The molecule has 0 spiro atoms. The number of rotatable bonds is 6. The van der Waals surface area contributed by atoms with Crippen molar-refractivity contribution in [3.8, 4) is 11.8 Å². The first-order valence-electron chi connectivity index (χ1n) is 14.4. The van der Waals surface area contributed by atoms with E-state index >= 15 is 0 Å². The van der Waals surface area contributed by atoms with Crippen LogP contribution in [-0.4, -0.2) is 34.6 Å². The second-order valence-corrected chi connectivity index (χ2v) is 24.8. The maximum Gasteiger partial charge on any atom is 0.193 e. The van der Waals surface area contributed by atoms with E-state index in [1.165, 1.54) is 19.3 Å². The van der Waals surface area contributed by atoms with Crippen LogP contribution in [0.2, 0.25) is 36.3 Å². The topological polar surface area (TPSA) is 35.5 Å². The van der Waals surface area contributed by atoms with Gasteiger partial charge in [0.25, 0.3) is 0 Å². The van der Waals surface area contributed by atoms with Crippen LogP contribution >= 0.6 is 0 Å². The number of hydrogen-bond acceptors (Lipinski definition) is 3. The van der Waals surface area contributed by atoms with Gasteiger partial charge in [0.05, 0.1) is 6.10 Å². The summed E-state index contributed by atoms with van der Waals surface area (Å²) in [5, 5.41) is 0.353. The quantitative estimate of drug-likeness (QED) is 0.267. The summed E-state index contributed by atoms with van der Waals surface area (Å²) in [5.41, 5.74) is 0. The van der Waals surface area contributed by atoms with Crippen molar-refractivity contribution in [2.45, 2.75) is 135 Å². The van der Waals surface area contributed by atoms with Gasteiger partial charge in [0.2, 0.25) is 0 Å². The second kappa shape index (κ2) is 9.40. The Morgan fingerprint density at radius 3 is 2.03 bits per heavy atom. The Kier molecular flexibility index (Phi) is 7.42. The average molecular weight is 517 g/mol. The maximum absolute atomic E-state index is 12.4. The zero-order valence-electron chi connectivity index (χ0n) is 24.3. The predicted octanol–water partition coefficient (Wildman–Crippen LogP) is 7.82. The van der Waals surface area contributed by atoms with Crippen molar-refractivity contribution in [3.63, 3.8) is 0 Å². The molecule has 0 aromatic rings. The Morgan fingerprint density at radius 2 is 1.49 bits per heavy atom. The lowest BCUT2D eigenvalue weighted by Crippen LogP contribution is -2.53. The highest BCUT2D eigenvalue weighted by molar-refractivity contribution is 6.74. The molecule has 0 amide bonds. The van der Waals surface area contributed by atoms with Crippen LogP contribution in [0.5, 0.6) is 0 Å². The minimum atomic E-state index is -1.92.